The highest BCUT2D eigenvalue weighted by Gasteiger charge is 2.14. The molecule has 1 unspecified atom stereocenters. The first-order valence-electron chi connectivity index (χ1n) is 9.93. The SMILES string of the molecule is C=C/C(=C\C=C(/C)CCCCCCN(C)CC)C1=CCC(C=O)CC1. The molecule has 25 heavy (non-hydrogen) atoms. The van der Waals surface area contributed by atoms with Crippen molar-refractivity contribution < 1.29 is 4.79 Å². The monoisotopic (exact) mass is 343 g/mol. The Hall–Kier alpha value is -1.41. The third kappa shape index (κ3) is 9.02. The Kier molecular flexibility index (Phi) is 11.1. The molecular formula is C23H37NO. The van der Waals surface area contributed by atoms with Crippen LogP contribution in [-0.2, 0) is 4.79 Å². The lowest BCUT2D eigenvalue weighted by molar-refractivity contribution is -0.111. The fourth-order valence-electron chi connectivity index (χ4n) is 3.16. The van der Waals surface area contributed by atoms with Crippen molar-refractivity contribution in [2.75, 3.05) is 20.1 Å². The van der Waals surface area contributed by atoms with E-state index in [2.05, 4.69) is 50.6 Å². The quantitative estimate of drug-likeness (QED) is 0.251. The van der Waals surface area contributed by atoms with Crippen LogP contribution in [0.3, 0.4) is 0 Å². The van der Waals surface area contributed by atoms with Gasteiger partial charge in [0.2, 0.25) is 0 Å². The van der Waals surface area contributed by atoms with E-state index in [1.54, 1.807) is 0 Å². The highest BCUT2D eigenvalue weighted by Crippen LogP contribution is 2.27. The van der Waals surface area contributed by atoms with Gasteiger partial charge in [0.1, 0.15) is 6.29 Å². The van der Waals surface area contributed by atoms with Gasteiger partial charge in [-0.2, -0.15) is 0 Å². The molecule has 0 aromatic heterocycles. The van der Waals surface area contributed by atoms with E-state index in [0.29, 0.717) is 0 Å². The van der Waals surface area contributed by atoms with Crippen molar-refractivity contribution in [3.05, 3.63) is 47.6 Å². The van der Waals surface area contributed by atoms with Crippen LogP contribution in [0.2, 0.25) is 0 Å². The van der Waals surface area contributed by atoms with Crippen LogP contribution in [0.15, 0.2) is 47.6 Å². The van der Waals surface area contributed by atoms with E-state index in [1.807, 2.05) is 6.08 Å². The molecule has 0 saturated heterocycles. The fourth-order valence-corrected chi connectivity index (χ4v) is 3.16. The van der Waals surface area contributed by atoms with Gasteiger partial charge in [0.05, 0.1) is 0 Å². The molecule has 1 atom stereocenters. The molecule has 2 nitrogen and oxygen atoms in total. The van der Waals surface area contributed by atoms with Gasteiger partial charge >= 0.3 is 0 Å². The summed E-state index contributed by atoms with van der Waals surface area (Å²) >= 11 is 0. The van der Waals surface area contributed by atoms with Gasteiger partial charge < -0.3 is 9.69 Å². The molecule has 140 valence electrons. The largest absolute Gasteiger partial charge is 0.307 e. The van der Waals surface area contributed by atoms with Gasteiger partial charge in [-0.05, 0) is 76.7 Å². The molecule has 0 saturated carbocycles. The van der Waals surface area contributed by atoms with Crippen molar-refractivity contribution in [3.63, 3.8) is 0 Å². The van der Waals surface area contributed by atoms with Crippen molar-refractivity contribution in [2.45, 2.75) is 65.2 Å². The van der Waals surface area contributed by atoms with Crippen molar-refractivity contribution in [2.24, 2.45) is 5.92 Å². The molecule has 2 heteroatoms. The molecular weight excluding hydrogens is 306 g/mol. The Morgan fingerprint density at radius 3 is 2.64 bits per heavy atom. The van der Waals surface area contributed by atoms with Crippen LogP contribution >= 0.6 is 0 Å². The minimum Gasteiger partial charge on any atom is -0.307 e. The van der Waals surface area contributed by atoms with Crippen LogP contribution in [0.5, 0.6) is 0 Å². The van der Waals surface area contributed by atoms with Gasteiger partial charge in [-0.25, -0.2) is 0 Å². The number of hydrogen-bond acceptors (Lipinski definition) is 2. The summed E-state index contributed by atoms with van der Waals surface area (Å²) in [5.41, 5.74) is 4.00. The lowest BCUT2D eigenvalue weighted by Gasteiger charge is -2.18. The van der Waals surface area contributed by atoms with Gasteiger partial charge in [0.15, 0.2) is 0 Å². The normalized spacial score (nSPS) is 19.0. The van der Waals surface area contributed by atoms with E-state index in [4.69, 9.17) is 0 Å². The predicted molar refractivity (Wildman–Crippen MR) is 110 cm³/mol. The molecule has 0 aromatic rings. The lowest BCUT2D eigenvalue weighted by atomic mass is 9.87. The molecule has 0 radical (unpaired) electrons. The van der Waals surface area contributed by atoms with E-state index in [-0.39, 0.29) is 5.92 Å². The Labute approximate surface area is 155 Å². The number of carbonyl (C=O) groups excluding carboxylic acids is 1. The zero-order valence-corrected chi connectivity index (χ0v) is 16.6. The Bertz CT molecular complexity index is 498. The van der Waals surface area contributed by atoms with E-state index < -0.39 is 0 Å². The molecule has 1 rings (SSSR count). The molecule has 0 aliphatic heterocycles. The van der Waals surface area contributed by atoms with Gasteiger partial charge in [-0.15, -0.1) is 0 Å². The Balaban J connectivity index is 2.36. The molecule has 0 amide bonds. The number of aldehydes is 1. The minimum absolute atomic E-state index is 0.212. The summed E-state index contributed by atoms with van der Waals surface area (Å²) in [7, 11) is 2.19. The molecule has 0 bridgehead atoms. The molecule has 0 fully saturated rings. The van der Waals surface area contributed by atoms with E-state index in [9.17, 15) is 4.79 Å². The summed E-state index contributed by atoms with van der Waals surface area (Å²) in [6.07, 6.45) is 18.9. The average molecular weight is 344 g/mol. The third-order valence-corrected chi connectivity index (χ3v) is 5.18. The molecule has 0 spiro atoms. The smallest absolute Gasteiger partial charge is 0.123 e. The second kappa shape index (κ2) is 12.9. The van der Waals surface area contributed by atoms with Crippen LogP contribution in [0, 0.1) is 5.92 Å². The van der Waals surface area contributed by atoms with E-state index >= 15 is 0 Å². The third-order valence-electron chi connectivity index (χ3n) is 5.18. The van der Waals surface area contributed by atoms with Crippen LogP contribution in [0.25, 0.3) is 0 Å². The lowest BCUT2D eigenvalue weighted by Crippen LogP contribution is -2.18. The van der Waals surface area contributed by atoms with Gasteiger partial charge in [-0.1, -0.05) is 56.2 Å². The van der Waals surface area contributed by atoms with Crippen molar-refractivity contribution >= 4 is 6.29 Å². The van der Waals surface area contributed by atoms with Gasteiger partial charge in [0.25, 0.3) is 0 Å². The summed E-state index contributed by atoms with van der Waals surface area (Å²) in [4.78, 5) is 13.2. The van der Waals surface area contributed by atoms with Gasteiger partial charge in [-0.3, -0.25) is 0 Å². The number of hydrogen-bond donors (Lipinski definition) is 0. The molecule has 1 aliphatic carbocycles. The second-order valence-electron chi connectivity index (χ2n) is 7.30. The van der Waals surface area contributed by atoms with Crippen molar-refractivity contribution in [1.29, 1.82) is 0 Å². The first-order valence-corrected chi connectivity index (χ1v) is 9.93. The Morgan fingerprint density at radius 2 is 2.04 bits per heavy atom. The zero-order chi connectivity index (χ0) is 18.5. The maximum atomic E-state index is 10.9. The standard InChI is InChI=1S/C23H37NO/c1-5-22(23-16-13-21(19-25)14-17-23)15-12-20(3)11-9-7-8-10-18-24(4)6-2/h5,12,15-16,19,21H,1,6-11,13-14,17-18H2,2-4H3/b20-12+,22-15+. The summed E-state index contributed by atoms with van der Waals surface area (Å²) in [5.74, 6) is 0.212. The molecule has 1 aliphatic rings. The van der Waals surface area contributed by atoms with E-state index in [0.717, 1.165) is 32.1 Å². The second-order valence-corrected chi connectivity index (χ2v) is 7.30. The minimum atomic E-state index is 0.212. The average Bonchev–Trinajstić information content (AvgIpc) is 2.65. The summed E-state index contributed by atoms with van der Waals surface area (Å²) in [6.45, 7) is 10.8. The molecule has 0 aromatic carbocycles. The number of unbranched alkanes of at least 4 members (excludes halogenated alkanes) is 3. The maximum absolute atomic E-state index is 10.9. The predicted octanol–water partition coefficient (Wildman–Crippen LogP) is 5.87. The van der Waals surface area contributed by atoms with Crippen molar-refractivity contribution in [1.82, 2.24) is 4.90 Å². The van der Waals surface area contributed by atoms with Crippen LogP contribution in [0.4, 0.5) is 0 Å². The Morgan fingerprint density at radius 1 is 1.28 bits per heavy atom. The molecule has 0 heterocycles. The van der Waals surface area contributed by atoms with Crippen LogP contribution < -0.4 is 0 Å². The first-order chi connectivity index (χ1) is 12.1. The van der Waals surface area contributed by atoms with E-state index in [1.165, 1.54) is 55.4 Å². The molecule has 0 N–H and O–H groups in total. The topological polar surface area (TPSA) is 20.3 Å². The summed E-state index contributed by atoms with van der Waals surface area (Å²) in [6, 6.07) is 0. The van der Waals surface area contributed by atoms with Crippen molar-refractivity contribution in [3.8, 4) is 0 Å². The van der Waals surface area contributed by atoms with Crippen LogP contribution in [0.1, 0.15) is 65.2 Å². The maximum Gasteiger partial charge on any atom is 0.123 e. The number of carbonyl (C=O) groups is 1. The number of allylic oxidation sites excluding steroid dienone is 7. The van der Waals surface area contributed by atoms with Gasteiger partial charge in [0, 0.05) is 5.92 Å². The summed E-state index contributed by atoms with van der Waals surface area (Å²) < 4.78 is 0. The zero-order valence-electron chi connectivity index (χ0n) is 16.6. The number of rotatable bonds is 12. The highest BCUT2D eigenvalue weighted by atomic mass is 16.1. The number of nitrogens with zero attached hydrogens (tertiary/aromatic N) is 1. The van der Waals surface area contributed by atoms with Crippen LogP contribution in [-0.4, -0.2) is 31.3 Å². The summed E-state index contributed by atoms with van der Waals surface area (Å²) in [5, 5.41) is 0. The first kappa shape index (κ1) is 21.6. The highest BCUT2D eigenvalue weighted by molar-refractivity contribution is 5.55. The fraction of sp³-hybridized carbons (Fsp3) is 0.609.